The van der Waals surface area contributed by atoms with Gasteiger partial charge in [-0.3, -0.25) is 24.6 Å². The molecule has 0 aromatic heterocycles. The van der Waals surface area contributed by atoms with Gasteiger partial charge in [0.1, 0.15) is 5.69 Å². The molecule has 3 aromatic rings. The zero-order valence-electron chi connectivity index (χ0n) is 17.9. The van der Waals surface area contributed by atoms with Crippen molar-refractivity contribution in [1.82, 2.24) is 4.90 Å². The summed E-state index contributed by atoms with van der Waals surface area (Å²) in [7, 11) is 0. The Bertz CT molecular complexity index is 1200. The number of benzene rings is 3. The minimum atomic E-state index is -0.555. The molecule has 0 spiro atoms. The van der Waals surface area contributed by atoms with Gasteiger partial charge in [0.15, 0.2) is 0 Å². The van der Waals surface area contributed by atoms with Crippen molar-refractivity contribution < 1.29 is 14.5 Å². The fourth-order valence-electron chi connectivity index (χ4n) is 4.46. The number of hydrogen-bond donors (Lipinski definition) is 0. The highest BCUT2D eigenvalue weighted by atomic mass is 16.6. The Kier molecular flexibility index (Phi) is 5.35. The van der Waals surface area contributed by atoms with Crippen molar-refractivity contribution in [3.8, 4) is 0 Å². The molecule has 0 bridgehead atoms. The van der Waals surface area contributed by atoms with Gasteiger partial charge in [0.05, 0.1) is 16.1 Å². The van der Waals surface area contributed by atoms with Gasteiger partial charge in [-0.05, 0) is 29.8 Å². The molecule has 2 aliphatic rings. The third kappa shape index (κ3) is 3.85. The summed E-state index contributed by atoms with van der Waals surface area (Å²) in [6, 6.07) is 21.4. The van der Waals surface area contributed by atoms with E-state index in [4.69, 9.17) is 0 Å². The normalized spacial score (nSPS) is 16.2. The summed E-state index contributed by atoms with van der Waals surface area (Å²) in [5.74, 6) is -1.08. The Balaban J connectivity index is 1.39. The minimum absolute atomic E-state index is 0.00964. The van der Waals surface area contributed by atoms with Crippen LogP contribution in [0.4, 0.5) is 17.1 Å². The smallest absolute Gasteiger partial charge is 0.293 e. The number of piperazine rings is 1. The second-order valence-electron chi connectivity index (χ2n) is 8.17. The number of imide groups is 1. The van der Waals surface area contributed by atoms with Crippen LogP contribution in [0.15, 0.2) is 72.8 Å². The lowest BCUT2D eigenvalue weighted by Gasteiger charge is -2.36. The van der Waals surface area contributed by atoms with Crippen molar-refractivity contribution >= 4 is 28.9 Å². The first-order valence-corrected chi connectivity index (χ1v) is 10.8. The number of anilines is 2. The molecule has 0 aliphatic carbocycles. The van der Waals surface area contributed by atoms with E-state index >= 15 is 0 Å². The number of carbonyl (C=O) groups excluding carboxylic acids is 2. The highest BCUT2D eigenvalue weighted by Crippen LogP contribution is 2.37. The molecule has 0 atom stereocenters. The van der Waals surface area contributed by atoms with Gasteiger partial charge in [0.25, 0.3) is 17.5 Å². The second-order valence-corrected chi connectivity index (χ2v) is 8.17. The zero-order chi connectivity index (χ0) is 22.9. The van der Waals surface area contributed by atoms with Gasteiger partial charge in [-0.2, -0.15) is 0 Å². The first-order chi connectivity index (χ1) is 16.0. The fraction of sp³-hybridized carbons (Fsp3) is 0.200. The monoisotopic (exact) mass is 442 g/mol. The van der Waals surface area contributed by atoms with E-state index < -0.39 is 16.7 Å². The number of nitrogens with zero attached hydrogens (tertiary/aromatic N) is 4. The highest BCUT2D eigenvalue weighted by molar-refractivity contribution is 6.35. The fourth-order valence-corrected chi connectivity index (χ4v) is 4.46. The topological polar surface area (TPSA) is 87.0 Å². The minimum Gasteiger partial charge on any atom is -0.369 e. The molecule has 1 saturated heterocycles. The van der Waals surface area contributed by atoms with Crippen LogP contribution in [0.3, 0.4) is 0 Å². The second kappa shape index (κ2) is 8.48. The zero-order valence-corrected chi connectivity index (χ0v) is 17.9. The van der Waals surface area contributed by atoms with Crippen LogP contribution in [-0.4, -0.2) is 47.8 Å². The van der Waals surface area contributed by atoms with Crippen molar-refractivity contribution in [1.29, 1.82) is 0 Å². The van der Waals surface area contributed by atoms with Crippen LogP contribution in [0.25, 0.3) is 0 Å². The van der Waals surface area contributed by atoms with E-state index in [1.165, 1.54) is 11.6 Å². The molecule has 5 rings (SSSR count). The Morgan fingerprint density at radius 3 is 2.00 bits per heavy atom. The lowest BCUT2D eigenvalue weighted by Crippen LogP contribution is -2.46. The van der Waals surface area contributed by atoms with E-state index in [1.807, 2.05) is 18.2 Å². The maximum atomic E-state index is 12.9. The van der Waals surface area contributed by atoms with Gasteiger partial charge in [0.2, 0.25) is 0 Å². The molecule has 8 nitrogen and oxygen atoms in total. The number of rotatable bonds is 5. The third-order valence-corrected chi connectivity index (χ3v) is 6.18. The van der Waals surface area contributed by atoms with Gasteiger partial charge in [-0.25, -0.2) is 4.90 Å². The number of hydrogen-bond acceptors (Lipinski definition) is 6. The van der Waals surface area contributed by atoms with Crippen LogP contribution in [0.5, 0.6) is 0 Å². The molecular weight excluding hydrogens is 420 g/mol. The predicted octanol–water partition coefficient (Wildman–Crippen LogP) is 3.72. The molecule has 1 fully saturated rings. The summed E-state index contributed by atoms with van der Waals surface area (Å²) in [5, 5.41) is 11.7. The van der Waals surface area contributed by atoms with Crippen molar-refractivity contribution in [2.45, 2.75) is 6.54 Å². The average molecular weight is 442 g/mol. The standard InChI is InChI=1S/C25H22N4O4/c30-24-20-8-4-5-9-21(20)25(31)28(24)23-16-19(10-11-22(23)29(32)33)27-14-12-26(13-15-27)17-18-6-2-1-3-7-18/h1-11,16H,12-15,17H2. The molecule has 8 heteroatoms. The summed E-state index contributed by atoms with van der Waals surface area (Å²) < 4.78 is 0. The summed E-state index contributed by atoms with van der Waals surface area (Å²) in [6.07, 6.45) is 0. The summed E-state index contributed by atoms with van der Waals surface area (Å²) in [5.41, 5.74) is 2.28. The molecule has 2 aliphatic heterocycles. The number of nitro benzene ring substituents is 1. The Morgan fingerprint density at radius 2 is 1.39 bits per heavy atom. The maximum absolute atomic E-state index is 12.9. The first-order valence-electron chi connectivity index (χ1n) is 10.8. The first kappa shape index (κ1) is 20.8. The van der Waals surface area contributed by atoms with Crippen LogP contribution in [-0.2, 0) is 6.54 Å². The van der Waals surface area contributed by atoms with Crippen molar-refractivity contribution in [3.63, 3.8) is 0 Å². The van der Waals surface area contributed by atoms with E-state index in [9.17, 15) is 19.7 Å². The molecule has 166 valence electrons. The number of fused-ring (bicyclic) bond motifs is 1. The van der Waals surface area contributed by atoms with Crippen LogP contribution in [0, 0.1) is 10.1 Å². The van der Waals surface area contributed by atoms with E-state index in [0.717, 1.165) is 43.3 Å². The summed E-state index contributed by atoms with van der Waals surface area (Å²) >= 11 is 0. The molecule has 0 saturated carbocycles. The van der Waals surface area contributed by atoms with E-state index in [-0.39, 0.29) is 22.5 Å². The Labute approximate surface area is 190 Å². The molecule has 2 heterocycles. The predicted molar refractivity (Wildman–Crippen MR) is 125 cm³/mol. The third-order valence-electron chi connectivity index (χ3n) is 6.18. The van der Waals surface area contributed by atoms with Crippen molar-refractivity contribution in [3.05, 3.63) is 99.6 Å². The number of carbonyl (C=O) groups is 2. The quantitative estimate of drug-likeness (QED) is 0.340. The highest BCUT2D eigenvalue weighted by Gasteiger charge is 2.39. The SMILES string of the molecule is O=C1c2ccccc2C(=O)N1c1cc(N2CCN(Cc3ccccc3)CC2)ccc1[N+](=O)[O-]. The number of amides is 2. The van der Waals surface area contributed by atoms with E-state index in [0.29, 0.717) is 0 Å². The average Bonchev–Trinajstić information content (AvgIpc) is 3.10. The molecule has 0 N–H and O–H groups in total. The molecule has 33 heavy (non-hydrogen) atoms. The molecule has 0 unspecified atom stereocenters. The Morgan fingerprint density at radius 1 is 0.788 bits per heavy atom. The summed E-state index contributed by atoms with van der Waals surface area (Å²) in [4.78, 5) is 42.5. The van der Waals surface area contributed by atoms with Gasteiger partial charge < -0.3 is 4.90 Å². The van der Waals surface area contributed by atoms with Gasteiger partial charge >= 0.3 is 0 Å². The maximum Gasteiger partial charge on any atom is 0.293 e. The molecule has 3 aromatic carbocycles. The molecular formula is C25H22N4O4. The molecule has 0 radical (unpaired) electrons. The van der Waals surface area contributed by atoms with Crippen LogP contribution >= 0.6 is 0 Å². The van der Waals surface area contributed by atoms with Gasteiger partial charge in [-0.15, -0.1) is 0 Å². The summed E-state index contributed by atoms with van der Waals surface area (Å²) in [6.45, 7) is 4.04. The van der Waals surface area contributed by atoms with Gasteiger partial charge in [-0.1, -0.05) is 42.5 Å². The van der Waals surface area contributed by atoms with Crippen molar-refractivity contribution in [2.24, 2.45) is 0 Å². The van der Waals surface area contributed by atoms with Gasteiger partial charge in [0, 0.05) is 44.5 Å². The van der Waals surface area contributed by atoms with Crippen LogP contribution in [0.2, 0.25) is 0 Å². The molecule has 2 amide bonds. The lowest BCUT2D eigenvalue weighted by atomic mass is 10.1. The van der Waals surface area contributed by atoms with Crippen LogP contribution in [0.1, 0.15) is 26.3 Å². The number of nitro groups is 1. The lowest BCUT2D eigenvalue weighted by molar-refractivity contribution is -0.384. The Hall–Kier alpha value is -4.04. The van der Waals surface area contributed by atoms with E-state index in [2.05, 4.69) is 21.9 Å². The largest absolute Gasteiger partial charge is 0.369 e. The van der Waals surface area contributed by atoms with Crippen LogP contribution < -0.4 is 9.80 Å². The van der Waals surface area contributed by atoms with E-state index in [1.54, 1.807) is 36.4 Å². The van der Waals surface area contributed by atoms with Crippen molar-refractivity contribution in [2.75, 3.05) is 36.0 Å².